The molecule has 0 aromatic carbocycles. The number of anilines is 1. The van der Waals surface area contributed by atoms with Crippen molar-refractivity contribution in [3.63, 3.8) is 0 Å². The molecule has 1 saturated carbocycles. The molecule has 2 aliphatic rings. The maximum Gasteiger partial charge on any atom is 0.272 e. The van der Waals surface area contributed by atoms with Crippen molar-refractivity contribution in [2.24, 2.45) is 0 Å². The normalized spacial score (nSPS) is 19.9. The van der Waals surface area contributed by atoms with Crippen molar-refractivity contribution in [1.82, 2.24) is 15.5 Å². The van der Waals surface area contributed by atoms with Crippen molar-refractivity contribution in [1.29, 1.82) is 0 Å². The summed E-state index contributed by atoms with van der Waals surface area (Å²) in [5.41, 5.74) is 0.426. The molecule has 1 aromatic heterocycles. The highest BCUT2D eigenvalue weighted by Crippen LogP contribution is 2.19. The topological polar surface area (TPSA) is 58.1 Å². The molecule has 1 amide bonds. The smallest absolute Gasteiger partial charge is 0.272 e. The molecule has 1 aromatic rings. The first-order chi connectivity index (χ1) is 9.33. The lowest BCUT2D eigenvalue weighted by Crippen LogP contribution is -2.33. The fourth-order valence-electron chi connectivity index (χ4n) is 2.89. The van der Waals surface area contributed by atoms with Crippen LogP contribution < -0.4 is 10.2 Å². The zero-order valence-corrected chi connectivity index (χ0v) is 11.1. The van der Waals surface area contributed by atoms with Crippen molar-refractivity contribution in [2.45, 2.75) is 44.6 Å². The lowest BCUT2D eigenvalue weighted by Gasteiger charge is -2.15. The second-order valence-electron chi connectivity index (χ2n) is 5.43. The number of nitrogens with zero attached hydrogens (tertiary/aromatic N) is 3. The summed E-state index contributed by atoms with van der Waals surface area (Å²) in [5.74, 6) is 0.794. The predicted molar refractivity (Wildman–Crippen MR) is 73.2 cm³/mol. The van der Waals surface area contributed by atoms with Gasteiger partial charge in [-0.1, -0.05) is 12.8 Å². The summed E-state index contributed by atoms with van der Waals surface area (Å²) in [5, 5.41) is 11.3. The molecule has 0 unspecified atom stereocenters. The van der Waals surface area contributed by atoms with Gasteiger partial charge in [0, 0.05) is 19.1 Å². The molecule has 0 radical (unpaired) electrons. The predicted octanol–water partition coefficient (Wildman–Crippen LogP) is 1.75. The van der Waals surface area contributed by atoms with E-state index in [0.29, 0.717) is 11.7 Å². The van der Waals surface area contributed by atoms with E-state index in [2.05, 4.69) is 20.4 Å². The number of aromatic nitrogens is 2. The molecule has 3 rings (SSSR count). The monoisotopic (exact) mass is 260 g/mol. The van der Waals surface area contributed by atoms with Crippen LogP contribution in [0.15, 0.2) is 12.1 Å². The van der Waals surface area contributed by atoms with Gasteiger partial charge in [0.05, 0.1) is 0 Å². The number of carbonyl (C=O) groups excluding carboxylic acids is 1. The van der Waals surface area contributed by atoms with Gasteiger partial charge in [0.1, 0.15) is 0 Å². The summed E-state index contributed by atoms with van der Waals surface area (Å²) >= 11 is 0. The second-order valence-corrected chi connectivity index (χ2v) is 5.43. The molecule has 0 atom stereocenters. The van der Waals surface area contributed by atoms with E-state index >= 15 is 0 Å². The van der Waals surface area contributed by atoms with Crippen LogP contribution >= 0.6 is 0 Å². The minimum absolute atomic E-state index is 0.0904. The summed E-state index contributed by atoms with van der Waals surface area (Å²) in [4.78, 5) is 14.2. The van der Waals surface area contributed by atoms with Crippen molar-refractivity contribution in [2.75, 3.05) is 18.0 Å². The van der Waals surface area contributed by atoms with E-state index in [0.717, 1.165) is 31.7 Å². The van der Waals surface area contributed by atoms with Crippen LogP contribution in [-0.2, 0) is 0 Å². The lowest BCUT2D eigenvalue weighted by molar-refractivity contribution is 0.0932. The Balaban J connectivity index is 1.62. The maximum absolute atomic E-state index is 12.0. The van der Waals surface area contributed by atoms with E-state index in [1.54, 1.807) is 6.07 Å². The molecular formula is C14H20N4O. The summed E-state index contributed by atoms with van der Waals surface area (Å²) in [7, 11) is 0. The van der Waals surface area contributed by atoms with E-state index in [-0.39, 0.29) is 5.91 Å². The molecule has 1 aliphatic carbocycles. The molecule has 0 spiro atoms. The van der Waals surface area contributed by atoms with Crippen molar-refractivity contribution >= 4 is 11.7 Å². The van der Waals surface area contributed by atoms with E-state index in [1.807, 2.05) is 6.07 Å². The molecule has 2 fully saturated rings. The summed E-state index contributed by atoms with van der Waals surface area (Å²) < 4.78 is 0. The molecule has 2 heterocycles. The average molecular weight is 260 g/mol. The van der Waals surface area contributed by atoms with Crippen LogP contribution in [0.3, 0.4) is 0 Å². The number of nitrogens with one attached hydrogen (secondary N) is 1. The van der Waals surface area contributed by atoms with Crippen molar-refractivity contribution in [3.05, 3.63) is 17.8 Å². The Morgan fingerprint density at radius 1 is 1.11 bits per heavy atom. The van der Waals surface area contributed by atoms with Crippen molar-refractivity contribution < 1.29 is 4.79 Å². The molecule has 102 valence electrons. The Kier molecular flexibility index (Phi) is 3.62. The van der Waals surface area contributed by atoms with Crippen molar-refractivity contribution in [3.8, 4) is 0 Å². The van der Waals surface area contributed by atoms with E-state index < -0.39 is 0 Å². The Morgan fingerprint density at radius 2 is 1.84 bits per heavy atom. The van der Waals surface area contributed by atoms with E-state index in [9.17, 15) is 4.79 Å². The van der Waals surface area contributed by atoms with E-state index in [4.69, 9.17) is 0 Å². The highest BCUT2D eigenvalue weighted by Gasteiger charge is 2.19. The van der Waals surface area contributed by atoms with Crippen LogP contribution in [0.5, 0.6) is 0 Å². The van der Waals surface area contributed by atoms with Gasteiger partial charge in [0.2, 0.25) is 0 Å². The maximum atomic E-state index is 12.0. The van der Waals surface area contributed by atoms with Gasteiger partial charge in [0.15, 0.2) is 11.5 Å². The fraction of sp³-hybridized carbons (Fsp3) is 0.643. The van der Waals surface area contributed by atoms with Gasteiger partial charge in [-0.05, 0) is 37.8 Å². The van der Waals surface area contributed by atoms with Crippen LogP contribution in [0, 0.1) is 0 Å². The van der Waals surface area contributed by atoms with Gasteiger partial charge >= 0.3 is 0 Å². The third-order valence-corrected chi connectivity index (χ3v) is 4.00. The first-order valence-corrected chi connectivity index (χ1v) is 7.22. The number of hydrogen-bond acceptors (Lipinski definition) is 4. The second kappa shape index (κ2) is 5.55. The zero-order valence-electron chi connectivity index (χ0n) is 11.1. The van der Waals surface area contributed by atoms with Gasteiger partial charge < -0.3 is 10.2 Å². The van der Waals surface area contributed by atoms with Crippen LogP contribution in [0.1, 0.15) is 49.0 Å². The number of hydrogen-bond donors (Lipinski definition) is 1. The highest BCUT2D eigenvalue weighted by molar-refractivity contribution is 5.92. The van der Waals surface area contributed by atoms with Gasteiger partial charge in [0.25, 0.3) is 5.91 Å². The largest absolute Gasteiger partial charge is 0.355 e. The SMILES string of the molecule is O=C(NC1CCCC1)c1ccc(N2CCCC2)nn1. The van der Waals surface area contributed by atoms with Gasteiger partial charge in [-0.3, -0.25) is 4.79 Å². The van der Waals surface area contributed by atoms with Crippen LogP contribution in [0.2, 0.25) is 0 Å². The molecule has 19 heavy (non-hydrogen) atoms. The summed E-state index contributed by atoms with van der Waals surface area (Å²) in [6, 6.07) is 4.01. The molecule has 0 bridgehead atoms. The zero-order chi connectivity index (χ0) is 13.1. The highest BCUT2D eigenvalue weighted by atomic mass is 16.2. The molecule has 1 aliphatic heterocycles. The first kappa shape index (κ1) is 12.4. The minimum Gasteiger partial charge on any atom is -0.355 e. The Labute approximate surface area is 113 Å². The molecule has 1 N–H and O–H groups in total. The molecule has 5 nitrogen and oxygen atoms in total. The summed E-state index contributed by atoms with van der Waals surface area (Å²) in [6.07, 6.45) is 7.03. The van der Waals surface area contributed by atoms with Crippen LogP contribution in [0.25, 0.3) is 0 Å². The minimum atomic E-state index is -0.0904. The Hall–Kier alpha value is -1.65. The van der Waals surface area contributed by atoms with Crippen LogP contribution in [-0.4, -0.2) is 35.2 Å². The van der Waals surface area contributed by atoms with Crippen LogP contribution in [0.4, 0.5) is 5.82 Å². The third kappa shape index (κ3) is 2.85. The third-order valence-electron chi connectivity index (χ3n) is 4.00. The average Bonchev–Trinajstić information content (AvgIpc) is 3.12. The molecular weight excluding hydrogens is 240 g/mol. The van der Waals surface area contributed by atoms with Gasteiger partial charge in [-0.15, -0.1) is 10.2 Å². The van der Waals surface area contributed by atoms with Gasteiger partial charge in [-0.25, -0.2) is 0 Å². The number of rotatable bonds is 3. The lowest BCUT2D eigenvalue weighted by atomic mass is 10.2. The summed E-state index contributed by atoms with van der Waals surface area (Å²) in [6.45, 7) is 2.09. The van der Waals surface area contributed by atoms with Gasteiger partial charge in [-0.2, -0.15) is 0 Å². The number of carbonyl (C=O) groups is 1. The quantitative estimate of drug-likeness (QED) is 0.899. The molecule has 1 saturated heterocycles. The number of amides is 1. The fourth-order valence-corrected chi connectivity index (χ4v) is 2.89. The standard InChI is InChI=1S/C14H20N4O/c19-14(15-11-5-1-2-6-11)12-7-8-13(17-16-12)18-9-3-4-10-18/h7-8,11H,1-6,9-10H2,(H,15,19). The van der Waals surface area contributed by atoms with E-state index in [1.165, 1.54) is 25.7 Å². The Bertz CT molecular complexity index is 433. The Morgan fingerprint density at radius 3 is 2.47 bits per heavy atom. The first-order valence-electron chi connectivity index (χ1n) is 7.22. The molecule has 5 heteroatoms.